The fourth-order valence-electron chi connectivity index (χ4n) is 2.10. The van der Waals surface area contributed by atoms with Crippen LogP contribution in [-0.4, -0.2) is 31.1 Å². The van der Waals surface area contributed by atoms with Crippen LogP contribution in [0.1, 0.15) is 22.9 Å². The van der Waals surface area contributed by atoms with E-state index in [0.717, 1.165) is 23.6 Å². The van der Waals surface area contributed by atoms with Gasteiger partial charge in [0.1, 0.15) is 18.1 Å². The minimum atomic E-state index is -4.39. The van der Waals surface area contributed by atoms with Gasteiger partial charge in [-0.2, -0.15) is 13.2 Å². The molecular formula is C17H22F3IN4O2. The van der Waals surface area contributed by atoms with Gasteiger partial charge in [-0.3, -0.25) is 4.99 Å². The van der Waals surface area contributed by atoms with E-state index in [2.05, 4.69) is 20.6 Å². The monoisotopic (exact) mass is 498 g/mol. The van der Waals surface area contributed by atoms with Crippen molar-refractivity contribution in [2.75, 3.05) is 20.2 Å². The van der Waals surface area contributed by atoms with E-state index in [4.69, 9.17) is 9.15 Å². The lowest BCUT2D eigenvalue weighted by Gasteiger charge is -2.12. The average molecular weight is 498 g/mol. The molecule has 0 spiro atoms. The molecule has 6 nitrogen and oxygen atoms in total. The summed E-state index contributed by atoms with van der Waals surface area (Å²) in [6.45, 7) is 4.60. The SMILES string of the molecule is CN=C(NCCOc1cccc(C(F)(F)F)c1)NCc1nc(C)c(C)o1.I. The Kier molecular flexibility index (Phi) is 8.86. The number of hydrogen-bond acceptors (Lipinski definition) is 4. The third-order valence-corrected chi connectivity index (χ3v) is 3.53. The number of nitrogens with one attached hydrogen (secondary N) is 2. The Morgan fingerprint density at radius 1 is 1.26 bits per heavy atom. The van der Waals surface area contributed by atoms with Crippen LogP contribution in [-0.2, 0) is 12.7 Å². The number of aromatic nitrogens is 1. The van der Waals surface area contributed by atoms with Crippen LogP contribution in [0.25, 0.3) is 0 Å². The molecule has 0 aliphatic rings. The highest BCUT2D eigenvalue weighted by Crippen LogP contribution is 2.31. The van der Waals surface area contributed by atoms with E-state index >= 15 is 0 Å². The van der Waals surface area contributed by atoms with Crippen molar-refractivity contribution in [3.8, 4) is 5.75 Å². The van der Waals surface area contributed by atoms with Crippen LogP contribution >= 0.6 is 24.0 Å². The largest absolute Gasteiger partial charge is 0.492 e. The van der Waals surface area contributed by atoms with Crippen molar-refractivity contribution in [3.05, 3.63) is 47.2 Å². The number of oxazole rings is 1. The van der Waals surface area contributed by atoms with Gasteiger partial charge in [0, 0.05) is 7.05 Å². The van der Waals surface area contributed by atoms with E-state index in [0.29, 0.717) is 24.9 Å². The molecule has 1 aromatic heterocycles. The summed E-state index contributed by atoms with van der Waals surface area (Å²) in [6.07, 6.45) is -4.39. The molecule has 0 amide bonds. The number of guanidine groups is 1. The van der Waals surface area contributed by atoms with Crippen LogP contribution in [0.15, 0.2) is 33.7 Å². The standard InChI is InChI=1S/C17H21F3N4O2.HI/c1-11-12(2)26-15(24-11)10-23-16(21-3)22-7-8-25-14-6-4-5-13(9-14)17(18,19)20;/h4-6,9H,7-8,10H2,1-3H3,(H2,21,22,23);1H. The number of aliphatic imine (C=N–C) groups is 1. The summed E-state index contributed by atoms with van der Waals surface area (Å²) in [5.41, 5.74) is 0.0937. The third kappa shape index (κ3) is 7.27. The molecular weight excluding hydrogens is 476 g/mol. The van der Waals surface area contributed by atoms with Crippen LogP contribution in [0, 0.1) is 13.8 Å². The summed E-state index contributed by atoms with van der Waals surface area (Å²) in [5.74, 6) is 1.98. The quantitative estimate of drug-likeness (QED) is 0.275. The molecule has 0 aliphatic carbocycles. The van der Waals surface area contributed by atoms with E-state index in [1.165, 1.54) is 12.1 Å². The van der Waals surface area contributed by atoms with Crippen molar-refractivity contribution in [2.24, 2.45) is 4.99 Å². The molecule has 0 saturated carbocycles. The molecule has 0 aliphatic heterocycles. The minimum absolute atomic E-state index is 0. The minimum Gasteiger partial charge on any atom is -0.492 e. The second-order valence-corrected chi connectivity index (χ2v) is 5.48. The normalized spacial score (nSPS) is 11.7. The number of hydrogen-bond donors (Lipinski definition) is 2. The van der Waals surface area contributed by atoms with Gasteiger partial charge in [-0.25, -0.2) is 4.98 Å². The van der Waals surface area contributed by atoms with Gasteiger partial charge in [0.15, 0.2) is 5.96 Å². The zero-order valence-corrected chi connectivity index (χ0v) is 17.5. The molecule has 0 fully saturated rings. The fourth-order valence-corrected chi connectivity index (χ4v) is 2.10. The number of halogens is 4. The molecule has 10 heteroatoms. The summed E-state index contributed by atoms with van der Waals surface area (Å²) in [6, 6.07) is 4.77. The Labute approximate surface area is 172 Å². The van der Waals surface area contributed by atoms with Gasteiger partial charge >= 0.3 is 6.18 Å². The smallest absolute Gasteiger partial charge is 0.416 e. The Morgan fingerprint density at radius 2 is 2.00 bits per heavy atom. The number of alkyl halides is 3. The first-order valence-electron chi connectivity index (χ1n) is 7.97. The van der Waals surface area contributed by atoms with E-state index < -0.39 is 11.7 Å². The summed E-state index contributed by atoms with van der Waals surface area (Å²) >= 11 is 0. The van der Waals surface area contributed by atoms with E-state index in [1.54, 1.807) is 7.05 Å². The maximum absolute atomic E-state index is 12.7. The molecule has 2 rings (SSSR count). The molecule has 0 unspecified atom stereocenters. The van der Waals surface area contributed by atoms with Crippen LogP contribution in [0.4, 0.5) is 13.2 Å². The lowest BCUT2D eigenvalue weighted by molar-refractivity contribution is -0.137. The molecule has 1 aromatic carbocycles. The Balaban J connectivity index is 0.00000364. The van der Waals surface area contributed by atoms with Gasteiger partial charge in [-0.15, -0.1) is 24.0 Å². The summed E-state index contributed by atoms with van der Waals surface area (Å²) in [7, 11) is 1.61. The van der Waals surface area contributed by atoms with Gasteiger partial charge in [0.25, 0.3) is 0 Å². The van der Waals surface area contributed by atoms with Crippen molar-refractivity contribution < 1.29 is 22.3 Å². The molecule has 150 valence electrons. The number of rotatable bonds is 6. The molecule has 0 radical (unpaired) electrons. The van der Waals surface area contributed by atoms with Crippen molar-refractivity contribution >= 4 is 29.9 Å². The van der Waals surface area contributed by atoms with E-state index in [-0.39, 0.29) is 36.3 Å². The first kappa shape index (κ1) is 23.1. The van der Waals surface area contributed by atoms with Gasteiger partial charge < -0.3 is 19.8 Å². The third-order valence-electron chi connectivity index (χ3n) is 3.53. The summed E-state index contributed by atoms with van der Waals surface area (Å²) in [4.78, 5) is 8.30. The first-order chi connectivity index (χ1) is 12.3. The number of ether oxygens (including phenoxy) is 1. The topological polar surface area (TPSA) is 71.7 Å². The van der Waals surface area contributed by atoms with Crippen molar-refractivity contribution in [2.45, 2.75) is 26.6 Å². The Morgan fingerprint density at radius 3 is 2.59 bits per heavy atom. The highest BCUT2D eigenvalue weighted by Gasteiger charge is 2.30. The molecule has 27 heavy (non-hydrogen) atoms. The molecule has 0 bridgehead atoms. The maximum atomic E-state index is 12.7. The highest BCUT2D eigenvalue weighted by atomic mass is 127. The van der Waals surface area contributed by atoms with Crippen molar-refractivity contribution in [3.63, 3.8) is 0 Å². The summed E-state index contributed by atoms with van der Waals surface area (Å²) in [5, 5.41) is 6.03. The van der Waals surface area contributed by atoms with E-state index in [1.807, 2.05) is 13.8 Å². The first-order valence-corrected chi connectivity index (χ1v) is 7.97. The van der Waals surface area contributed by atoms with Crippen LogP contribution in [0.5, 0.6) is 5.75 Å². The van der Waals surface area contributed by atoms with Crippen LogP contribution < -0.4 is 15.4 Å². The lowest BCUT2D eigenvalue weighted by Crippen LogP contribution is -2.38. The Hall–Kier alpha value is -1.98. The van der Waals surface area contributed by atoms with Crippen LogP contribution in [0.2, 0.25) is 0 Å². The molecule has 1 heterocycles. The van der Waals surface area contributed by atoms with Gasteiger partial charge in [0.2, 0.25) is 5.89 Å². The zero-order chi connectivity index (χ0) is 19.2. The van der Waals surface area contributed by atoms with Crippen LogP contribution in [0.3, 0.4) is 0 Å². The lowest BCUT2D eigenvalue weighted by atomic mass is 10.2. The fraction of sp³-hybridized carbons (Fsp3) is 0.412. The highest BCUT2D eigenvalue weighted by molar-refractivity contribution is 14.0. The number of aryl methyl sites for hydroxylation is 2. The molecule has 0 saturated heterocycles. The zero-order valence-electron chi connectivity index (χ0n) is 15.2. The van der Waals surface area contributed by atoms with E-state index in [9.17, 15) is 13.2 Å². The van der Waals surface area contributed by atoms with Crippen molar-refractivity contribution in [1.82, 2.24) is 15.6 Å². The maximum Gasteiger partial charge on any atom is 0.416 e. The molecule has 0 atom stereocenters. The second-order valence-electron chi connectivity index (χ2n) is 5.48. The second kappa shape index (κ2) is 10.4. The van der Waals surface area contributed by atoms with Gasteiger partial charge in [-0.05, 0) is 32.0 Å². The predicted octanol–water partition coefficient (Wildman–Crippen LogP) is 3.67. The van der Waals surface area contributed by atoms with Crippen molar-refractivity contribution in [1.29, 1.82) is 0 Å². The van der Waals surface area contributed by atoms with Gasteiger partial charge in [-0.1, -0.05) is 6.07 Å². The predicted molar refractivity (Wildman–Crippen MR) is 107 cm³/mol. The number of benzene rings is 1. The average Bonchev–Trinajstić information content (AvgIpc) is 2.92. The van der Waals surface area contributed by atoms with Gasteiger partial charge in [0.05, 0.1) is 24.3 Å². The molecule has 2 aromatic rings. The number of nitrogens with zero attached hydrogens (tertiary/aromatic N) is 2. The Bertz CT molecular complexity index is 743. The molecule has 2 N–H and O–H groups in total. The summed E-state index contributed by atoms with van der Waals surface area (Å²) < 4.78 is 48.8.